The Kier molecular flexibility index (Phi) is 3.17. The summed E-state index contributed by atoms with van der Waals surface area (Å²) in [5.41, 5.74) is 1.97. The second kappa shape index (κ2) is 4.81. The average Bonchev–Trinajstić information content (AvgIpc) is 2.76. The highest BCUT2D eigenvalue weighted by molar-refractivity contribution is 14.1. The highest BCUT2D eigenvalue weighted by Crippen LogP contribution is 2.16. The number of aromatic nitrogens is 4. The van der Waals surface area contributed by atoms with Crippen LogP contribution in [-0.4, -0.2) is 19.9 Å². The molecule has 18 heavy (non-hydrogen) atoms. The van der Waals surface area contributed by atoms with Crippen LogP contribution in [0.15, 0.2) is 30.5 Å². The molecule has 0 saturated carbocycles. The summed E-state index contributed by atoms with van der Waals surface area (Å²) in [6.45, 7) is 0. The van der Waals surface area contributed by atoms with Crippen LogP contribution in [0.4, 0.5) is 0 Å². The van der Waals surface area contributed by atoms with Gasteiger partial charge in [0.15, 0.2) is 0 Å². The van der Waals surface area contributed by atoms with E-state index >= 15 is 0 Å². The van der Waals surface area contributed by atoms with Crippen LogP contribution in [0.1, 0.15) is 11.6 Å². The van der Waals surface area contributed by atoms with Crippen LogP contribution < -0.4 is 0 Å². The van der Waals surface area contributed by atoms with Gasteiger partial charge in [0.25, 0.3) is 0 Å². The Balaban J connectivity index is 1.93. The number of para-hydroxylation sites is 2. The van der Waals surface area contributed by atoms with Gasteiger partial charge in [-0.2, -0.15) is 0 Å². The molecule has 0 spiro atoms. The predicted octanol–water partition coefficient (Wildman–Crippen LogP) is 3.20. The van der Waals surface area contributed by atoms with Crippen molar-refractivity contribution in [1.82, 2.24) is 19.9 Å². The molecule has 3 rings (SSSR count). The van der Waals surface area contributed by atoms with E-state index in [0.29, 0.717) is 17.4 Å². The van der Waals surface area contributed by atoms with Crippen LogP contribution in [0.25, 0.3) is 11.0 Å². The molecule has 0 amide bonds. The highest BCUT2D eigenvalue weighted by atomic mass is 127. The molecule has 0 bridgehead atoms. The first-order valence-corrected chi connectivity index (χ1v) is 6.78. The number of hydrogen-bond acceptors (Lipinski definition) is 3. The number of fused-ring (bicyclic) bond motifs is 1. The summed E-state index contributed by atoms with van der Waals surface area (Å²) in [6, 6.07) is 7.90. The van der Waals surface area contributed by atoms with Gasteiger partial charge in [-0.25, -0.2) is 15.0 Å². The van der Waals surface area contributed by atoms with Gasteiger partial charge in [-0.3, -0.25) is 0 Å². The van der Waals surface area contributed by atoms with Crippen molar-refractivity contribution >= 4 is 45.2 Å². The molecule has 1 N–H and O–H groups in total. The van der Waals surface area contributed by atoms with Gasteiger partial charge >= 0.3 is 0 Å². The van der Waals surface area contributed by atoms with E-state index in [4.69, 9.17) is 11.6 Å². The van der Waals surface area contributed by atoms with E-state index < -0.39 is 0 Å². The van der Waals surface area contributed by atoms with Crippen LogP contribution in [0, 0.1) is 3.57 Å². The lowest BCUT2D eigenvalue weighted by Crippen LogP contribution is -1.99. The van der Waals surface area contributed by atoms with Gasteiger partial charge in [-0.05, 0) is 34.7 Å². The molecule has 0 fully saturated rings. The number of rotatable bonds is 2. The summed E-state index contributed by atoms with van der Waals surface area (Å²) in [4.78, 5) is 16.2. The van der Waals surface area contributed by atoms with Crippen LogP contribution >= 0.6 is 34.2 Å². The quantitative estimate of drug-likeness (QED) is 0.557. The van der Waals surface area contributed by atoms with Crippen molar-refractivity contribution in [3.8, 4) is 0 Å². The van der Waals surface area contributed by atoms with Crippen molar-refractivity contribution < 1.29 is 0 Å². The molecule has 0 aliphatic rings. The maximum atomic E-state index is 5.97. The molecule has 2 heterocycles. The predicted molar refractivity (Wildman–Crippen MR) is 78.7 cm³/mol. The van der Waals surface area contributed by atoms with E-state index in [1.54, 1.807) is 6.20 Å². The average molecular weight is 371 g/mol. The van der Waals surface area contributed by atoms with Gasteiger partial charge in [0.2, 0.25) is 0 Å². The van der Waals surface area contributed by atoms with Crippen LogP contribution in [0.3, 0.4) is 0 Å². The molecule has 0 unspecified atom stereocenters. The largest absolute Gasteiger partial charge is 0.342 e. The topological polar surface area (TPSA) is 54.5 Å². The molecule has 0 aliphatic heterocycles. The van der Waals surface area contributed by atoms with Gasteiger partial charge in [-0.1, -0.05) is 23.7 Å². The molecule has 4 nitrogen and oxygen atoms in total. The summed E-state index contributed by atoms with van der Waals surface area (Å²) in [5.74, 6) is 1.51. The molecule has 90 valence electrons. The number of imidazole rings is 1. The first-order valence-electron chi connectivity index (χ1n) is 5.33. The van der Waals surface area contributed by atoms with E-state index in [1.807, 2.05) is 24.3 Å². The SMILES string of the molecule is Clc1nc(Cc2nc3ccccc3[nH]2)ncc1I. The Hall–Kier alpha value is -1.21. The van der Waals surface area contributed by atoms with Crippen molar-refractivity contribution in [3.63, 3.8) is 0 Å². The summed E-state index contributed by atoms with van der Waals surface area (Å²) in [6.07, 6.45) is 2.26. The molecule has 3 aromatic rings. The Labute approximate surface area is 122 Å². The molecule has 0 saturated heterocycles. The number of nitrogens with zero attached hydrogens (tertiary/aromatic N) is 3. The number of benzene rings is 1. The molecule has 1 aromatic carbocycles. The molecule has 0 radical (unpaired) electrons. The van der Waals surface area contributed by atoms with Crippen LogP contribution in [0.5, 0.6) is 0 Å². The molecule has 0 atom stereocenters. The molecule has 0 aliphatic carbocycles. The number of hydrogen-bond donors (Lipinski definition) is 1. The molecular formula is C12H8ClIN4. The lowest BCUT2D eigenvalue weighted by Gasteiger charge is -1.98. The highest BCUT2D eigenvalue weighted by Gasteiger charge is 2.07. The van der Waals surface area contributed by atoms with Crippen molar-refractivity contribution in [1.29, 1.82) is 0 Å². The lowest BCUT2D eigenvalue weighted by molar-refractivity contribution is 0.913. The third kappa shape index (κ3) is 2.32. The summed E-state index contributed by atoms with van der Waals surface area (Å²) in [5, 5.41) is 0.483. The molecule has 6 heteroatoms. The van der Waals surface area contributed by atoms with Gasteiger partial charge in [0, 0.05) is 6.20 Å². The minimum absolute atomic E-state index is 0.483. The zero-order valence-corrected chi connectivity index (χ0v) is 12.1. The smallest absolute Gasteiger partial charge is 0.146 e. The maximum absolute atomic E-state index is 5.97. The number of H-pyrrole nitrogens is 1. The number of halogens is 2. The minimum Gasteiger partial charge on any atom is -0.342 e. The fraction of sp³-hybridized carbons (Fsp3) is 0.0833. The normalized spacial score (nSPS) is 11.0. The Bertz CT molecular complexity index is 677. The molecular weight excluding hydrogens is 363 g/mol. The first kappa shape index (κ1) is 11.9. The minimum atomic E-state index is 0.483. The summed E-state index contributed by atoms with van der Waals surface area (Å²) < 4.78 is 0.850. The van der Waals surface area contributed by atoms with Crippen molar-refractivity contribution in [2.24, 2.45) is 0 Å². The Morgan fingerprint density at radius 3 is 2.83 bits per heavy atom. The van der Waals surface area contributed by atoms with Crippen molar-refractivity contribution in [3.05, 3.63) is 50.8 Å². The first-order chi connectivity index (χ1) is 8.72. The second-order valence-electron chi connectivity index (χ2n) is 3.80. The maximum Gasteiger partial charge on any atom is 0.146 e. The third-order valence-corrected chi connectivity index (χ3v) is 3.91. The number of aromatic amines is 1. The number of nitrogens with one attached hydrogen (secondary N) is 1. The standard InChI is InChI=1S/C12H8ClIN4/c13-12-7(14)6-15-10(18-12)5-11-16-8-3-1-2-4-9(8)17-11/h1-4,6H,5H2,(H,16,17). The Morgan fingerprint density at radius 2 is 2.06 bits per heavy atom. The van der Waals surface area contributed by atoms with Gasteiger partial charge in [0.1, 0.15) is 16.8 Å². The van der Waals surface area contributed by atoms with Gasteiger partial charge in [0.05, 0.1) is 21.0 Å². The van der Waals surface area contributed by atoms with Crippen molar-refractivity contribution in [2.45, 2.75) is 6.42 Å². The summed E-state index contributed by atoms with van der Waals surface area (Å²) >= 11 is 8.07. The third-order valence-electron chi connectivity index (χ3n) is 2.52. The van der Waals surface area contributed by atoms with Crippen LogP contribution in [0.2, 0.25) is 5.15 Å². The second-order valence-corrected chi connectivity index (χ2v) is 5.32. The molecule has 2 aromatic heterocycles. The van der Waals surface area contributed by atoms with E-state index in [2.05, 4.69) is 42.5 Å². The summed E-state index contributed by atoms with van der Waals surface area (Å²) in [7, 11) is 0. The van der Waals surface area contributed by atoms with E-state index in [-0.39, 0.29) is 0 Å². The van der Waals surface area contributed by atoms with Gasteiger partial charge < -0.3 is 4.98 Å². The van der Waals surface area contributed by atoms with E-state index in [9.17, 15) is 0 Å². The lowest BCUT2D eigenvalue weighted by atomic mass is 10.3. The fourth-order valence-corrected chi connectivity index (χ4v) is 2.11. The zero-order valence-electron chi connectivity index (χ0n) is 9.19. The fourth-order valence-electron chi connectivity index (χ4n) is 1.70. The van der Waals surface area contributed by atoms with E-state index in [0.717, 1.165) is 20.4 Å². The van der Waals surface area contributed by atoms with Crippen LogP contribution in [-0.2, 0) is 6.42 Å². The Morgan fingerprint density at radius 1 is 1.22 bits per heavy atom. The monoisotopic (exact) mass is 370 g/mol. The van der Waals surface area contributed by atoms with Crippen molar-refractivity contribution in [2.75, 3.05) is 0 Å². The zero-order chi connectivity index (χ0) is 12.5. The van der Waals surface area contributed by atoms with Gasteiger partial charge in [-0.15, -0.1) is 0 Å². The van der Waals surface area contributed by atoms with E-state index in [1.165, 1.54) is 0 Å².